The average Bonchev–Trinajstić information content (AvgIpc) is 3.17. The maximum Gasteiger partial charge on any atom is 0.247 e. The van der Waals surface area contributed by atoms with Gasteiger partial charge >= 0.3 is 0 Å². The zero-order chi connectivity index (χ0) is 14.8. The van der Waals surface area contributed by atoms with Gasteiger partial charge in [0.15, 0.2) is 0 Å². The molecular weight excluding hydrogens is 268 g/mol. The zero-order valence-electron chi connectivity index (χ0n) is 12.4. The van der Waals surface area contributed by atoms with E-state index in [0.29, 0.717) is 6.54 Å². The van der Waals surface area contributed by atoms with Crippen molar-refractivity contribution in [2.75, 3.05) is 13.1 Å². The number of hydrogen-bond acceptors (Lipinski definition) is 4. The SMILES string of the molecule is Cc1cnn([C@@H]2CCCN(C(=O)[C@@H](C)n3cncn3)C2)c1. The number of carbonyl (C=O) groups excluding carboxylic acids is 1. The minimum Gasteiger partial charge on any atom is -0.339 e. The monoisotopic (exact) mass is 288 g/mol. The van der Waals surface area contributed by atoms with Crippen molar-refractivity contribution in [2.45, 2.75) is 38.8 Å². The molecule has 2 aromatic heterocycles. The number of likely N-dealkylation sites (tertiary alicyclic amines) is 1. The fourth-order valence-corrected chi connectivity index (χ4v) is 2.80. The minimum atomic E-state index is -0.314. The normalized spacial score (nSPS) is 20.5. The lowest BCUT2D eigenvalue weighted by Crippen LogP contribution is -2.43. The van der Waals surface area contributed by atoms with Gasteiger partial charge in [-0.2, -0.15) is 10.2 Å². The van der Waals surface area contributed by atoms with Gasteiger partial charge in [-0.15, -0.1) is 0 Å². The Morgan fingerprint density at radius 3 is 2.95 bits per heavy atom. The number of aromatic nitrogens is 5. The molecule has 1 saturated heterocycles. The highest BCUT2D eigenvalue weighted by molar-refractivity contribution is 5.80. The molecule has 3 rings (SSSR count). The van der Waals surface area contributed by atoms with Crippen molar-refractivity contribution in [1.82, 2.24) is 29.4 Å². The van der Waals surface area contributed by atoms with Gasteiger partial charge in [0, 0.05) is 19.3 Å². The van der Waals surface area contributed by atoms with Crippen molar-refractivity contribution < 1.29 is 4.79 Å². The van der Waals surface area contributed by atoms with Gasteiger partial charge in [-0.05, 0) is 32.3 Å². The lowest BCUT2D eigenvalue weighted by Gasteiger charge is -2.34. The first-order valence-corrected chi connectivity index (χ1v) is 7.29. The maximum atomic E-state index is 12.6. The van der Waals surface area contributed by atoms with Crippen LogP contribution in [0.25, 0.3) is 0 Å². The van der Waals surface area contributed by atoms with E-state index >= 15 is 0 Å². The minimum absolute atomic E-state index is 0.0917. The first kappa shape index (κ1) is 13.8. The number of amides is 1. The van der Waals surface area contributed by atoms with Crippen LogP contribution in [0.3, 0.4) is 0 Å². The summed E-state index contributed by atoms with van der Waals surface area (Å²) < 4.78 is 3.58. The molecule has 1 amide bonds. The fourth-order valence-electron chi connectivity index (χ4n) is 2.80. The number of hydrogen-bond donors (Lipinski definition) is 0. The van der Waals surface area contributed by atoms with Crippen molar-refractivity contribution in [2.24, 2.45) is 0 Å². The van der Waals surface area contributed by atoms with Crippen LogP contribution in [0, 0.1) is 6.92 Å². The Morgan fingerprint density at radius 2 is 2.29 bits per heavy atom. The molecule has 0 bridgehead atoms. The van der Waals surface area contributed by atoms with Gasteiger partial charge < -0.3 is 4.90 Å². The summed E-state index contributed by atoms with van der Waals surface area (Å²) in [4.78, 5) is 18.4. The van der Waals surface area contributed by atoms with Crippen molar-refractivity contribution in [3.8, 4) is 0 Å². The molecule has 1 aliphatic heterocycles. The Bertz CT molecular complexity index is 605. The van der Waals surface area contributed by atoms with E-state index in [1.807, 2.05) is 35.8 Å². The molecule has 1 fully saturated rings. The molecular formula is C14H20N6O. The average molecular weight is 288 g/mol. The number of rotatable bonds is 3. The van der Waals surface area contributed by atoms with Crippen LogP contribution < -0.4 is 0 Å². The first-order valence-electron chi connectivity index (χ1n) is 7.29. The molecule has 0 radical (unpaired) electrons. The number of nitrogens with zero attached hydrogens (tertiary/aromatic N) is 6. The summed E-state index contributed by atoms with van der Waals surface area (Å²) in [7, 11) is 0. The van der Waals surface area contributed by atoms with Crippen LogP contribution in [0.15, 0.2) is 25.0 Å². The molecule has 3 heterocycles. The van der Waals surface area contributed by atoms with Crippen molar-refractivity contribution in [1.29, 1.82) is 0 Å². The molecule has 21 heavy (non-hydrogen) atoms. The van der Waals surface area contributed by atoms with Crippen LogP contribution in [0.4, 0.5) is 0 Å². The molecule has 7 nitrogen and oxygen atoms in total. The number of aryl methyl sites for hydroxylation is 1. The van der Waals surface area contributed by atoms with E-state index in [2.05, 4.69) is 15.2 Å². The van der Waals surface area contributed by atoms with Gasteiger partial charge in [-0.1, -0.05) is 0 Å². The Labute approximate surface area is 123 Å². The van der Waals surface area contributed by atoms with Crippen LogP contribution in [0.2, 0.25) is 0 Å². The van der Waals surface area contributed by atoms with Crippen LogP contribution >= 0.6 is 0 Å². The van der Waals surface area contributed by atoms with Crippen LogP contribution in [-0.2, 0) is 4.79 Å². The van der Waals surface area contributed by atoms with E-state index in [0.717, 1.165) is 24.9 Å². The van der Waals surface area contributed by atoms with Gasteiger partial charge in [-0.25, -0.2) is 9.67 Å². The molecule has 0 aromatic carbocycles. The summed E-state index contributed by atoms with van der Waals surface area (Å²) in [5.74, 6) is 0.0917. The Hall–Kier alpha value is -2.18. The highest BCUT2D eigenvalue weighted by Gasteiger charge is 2.28. The van der Waals surface area contributed by atoms with Gasteiger partial charge in [0.2, 0.25) is 5.91 Å². The fraction of sp³-hybridized carbons (Fsp3) is 0.571. The first-order chi connectivity index (χ1) is 10.1. The topological polar surface area (TPSA) is 68.8 Å². The summed E-state index contributed by atoms with van der Waals surface area (Å²) in [6.45, 7) is 5.40. The zero-order valence-corrected chi connectivity index (χ0v) is 12.4. The predicted molar refractivity (Wildman–Crippen MR) is 76.5 cm³/mol. The van der Waals surface area contributed by atoms with E-state index in [-0.39, 0.29) is 18.0 Å². The Kier molecular flexibility index (Phi) is 3.72. The summed E-state index contributed by atoms with van der Waals surface area (Å²) >= 11 is 0. The van der Waals surface area contributed by atoms with Crippen molar-refractivity contribution >= 4 is 5.91 Å². The molecule has 0 unspecified atom stereocenters. The van der Waals surface area contributed by atoms with E-state index in [4.69, 9.17) is 0 Å². The molecule has 0 aliphatic carbocycles. The maximum absolute atomic E-state index is 12.6. The largest absolute Gasteiger partial charge is 0.339 e. The molecule has 0 saturated carbocycles. The van der Waals surface area contributed by atoms with Gasteiger partial charge in [-0.3, -0.25) is 9.48 Å². The van der Waals surface area contributed by atoms with Crippen LogP contribution in [0.5, 0.6) is 0 Å². The standard InChI is InChI=1S/C14H20N6O/c1-11-6-16-19(7-11)13-4-3-5-18(8-13)14(21)12(2)20-10-15-9-17-20/h6-7,9-10,12-13H,3-5,8H2,1-2H3/t12-,13-/m1/s1. The highest BCUT2D eigenvalue weighted by Crippen LogP contribution is 2.23. The van der Waals surface area contributed by atoms with Crippen LogP contribution in [0.1, 0.15) is 37.4 Å². The summed E-state index contributed by atoms with van der Waals surface area (Å²) in [6, 6.07) is -0.0510. The Balaban J connectivity index is 1.69. The van der Waals surface area contributed by atoms with Crippen molar-refractivity contribution in [3.63, 3.8) is 0 Å². The van der Waals surface area contributed by atoms with Gasteiger partial charge in [0.05, 0.1) is 12.2 Å². The lowest BCUT2D eigenvalue weighted by atomic mass is 10.1. The van der Waals surface area contributed by atoms with E-state index in [1.54, 1.807) is 11.0 Å². The molecule has 2 aromatic rings. The van der Waals surface area contributed by atoms with Crippen LogP contribution in [-0.4, -0.2) is 48.4 Å². The molecule has 2 atom stereocenters. The third-order valence-electron chi connectivity index (χ3n) is 4.00. The molecule has 1 aliphatic rings. The summed E-state index contributed by atoms with van der Waals surface area (Å²) in [5, 5.41) is 8.43. The van der Waals surface area contributed by atoms with Gasteiger partial charge in [0.25, 0.3) is 0 Å². The Morgan fingerprint density at radius 1 is 1.43 bits per heavy atom. The molecule has 0 spiro atoms. The van der Waals surface area contributed by atoms with E-state index in [9.17, 15) is 4.79 Å². The predicted octanol–water partition coefficient (Wildman–Crippen LogP) is 1.21. The number of piperidine rings is 1. The second-order valence-corrected chi connectivity index (χ2v) is 5.63. The summed E-state index contributed by atoms with van der Waals surface area (Å²) in [6.07, 6.45) is 9.00. The smallest absolute Gasteiger partial charge is 0.247 e. The molecule has 7 heteroatoms. The second-order valence-electron chi connectivity index (χ2n) is 5.63. The van der Waals surface area contributed by atoms with Gasteiger partial charge in [0.1, 0.15) is 18.7 Å². The van der Waals surface area contributed by atoms with E-state index in [1.165, 1.54) is 6.33 Å². The quantitative estimate of drug-likeness (QED) is 0.851. The molecule has 112 valence electrons. The second kappa shape index (κ2) is 5.67. The molecule has 0 N–H and O–H groups in total. The van der Waals surface area contributed by atoms with Crippen molar-refractivity contribution in [3.05, 3.63) is 30.6 Å². The lowest BCUT2D eigenvalue weighted by molar-refractivity contribution is -0.136. The third-order valence-corrected chi connectivity index (χ3v) is 4.00. The highest BCUT2D eigenvalue weighted by atomic mass is 16.2. The summed E-state index contributed by atoms with van der Waals surface area (Å²) in [5.41, 5.74) is 1.15. The number of carbonyl (C=O) groups is 1. The third kappa shape index (κ3) is 2.81. The van der Waals surface area contributed by atoms with E-state index < -0.39 is 0 Å².